The van der Waals surface area contributed by atoms with Gasteiger partial charge in [0.05, 0.1) is 0 Å². The van der Waals surface area contributed by atoms with Gasteiger partial charge in [-0.15, -0.1) is 0 Å². The van der Waals surface area contributed by atoms with E-state index in [9.17, 15) is 9.59 Å². The molecule has 0 aromatic heterocycles. The lowest BCUT2D eigenvalue weighted by atomic mass is 10.2. The lowest BCUT2D eigenvalue weighted by Crippen LogP contribution is -2.34. The van der Waals surface area contributed by atoms with Gasteiger partial charge in [-0.1, -0.05) is 17.7 Å². The van der Waals surface area contributed by atoms with Crippen LogP contribution in [0, 0.1) is 0 Å². The first kappa shape index (κ1) is 17.8. The second-order valence-corrected chi connectivity index (χ2v) is 5.90. The molecule has 5 nitrogen and oxygen atoms in total. The van der Waals surface area contributed by atoms with Crippen LogP contribution >= 0.6 is 11.6 Å². The predicted molar refractivity (Wildman–Crippen MR) is 96.9 cm³/mol. The average molecular weight is 346 g/mol. The highest BCUT2D eigenvalue weighted by atomic mass is 35.5. The van der Waals surface area contributed by atoms with E-state index in [2.05, 4.69) is 10.6 Å². The maximum absolute atomic E-state index is 12.1. The molecule has 0 aliphatic rings. The van der Waals surface area contributed by atoms with Crippen LogP contribution in [-0.2, 0) is 0 Å². The summed E-state index contributed by atoms with van der Waals surface area (Å²) >= 11 is 5.78. The van der Waals surface area contributed by atoms with Gasteiger partial charge in [0.15, 0.2) is 0 Å². The molecule has 0 saturated heterocycles. The zero-order valence-corrected chi connectivity index (χ0v) is 14.4. The first-order valence-electron chi connectivity index (χ1n) is 7.57. The van der Waals surface area contributed by atoms with E-state index in [1.54, 1.807) is 30.3 Å². The first-order chi connectivity index (χ1) is 11.5. The molecule has 0 bridgehead atoms. The molecule has 2 rings (SSSR count). The van der Waals surface area contributed by atoms with Crippen LogP contribution in [0.15, 0.2) is 48.5 Å². The van der Waals surface area contributed by atoms with Gasteiger partial charge in [0.1, 0.15) is 0 Å². The van der Waals surface area contributed by atoms with Gasteiger partial charge in [-0.3, -0.25) is 9.59 Å². The van der Waals surface area contributed by atoms with Crippen molar-refractivity contribution in [2.45, 2.75) is 0 Å². The standard InChI is InChI=1S/C18H20ClN3O2/c1-22(2)16-5-3-4-14(12-16)18(24)21-11-10-20-17(23)13-6-8-15(19)9-7-13/h3-9,12H,10-11H2,1-2H3,(H,20,23)(H,21,24). The molecule has 0 atom stereocenters. The van der Waals surface area contributed by atoms with Crippen LogP contribution in [0.4, 0.5) is 5.69 Å². The van der Waals surface area contributed by atoms with Gasteiger partial charge < -0.3 is 15.5 Å². The van der Waals surface area contributed by atoms with Crippen LogP contribution in [0.1, 0.15) is 20.7 Å². The van der Waals surface area contributed by atoms with E-state index in [4.69, 9.17) is 11.6 Å². The highest BCUT2D eigenvalue weighted by Gasteiger charge is 2.08. The molecular formula is C18H20ClN3O2. The largest absolute Gasteiger partial charge is 0.378 e. The number of anilines is 1. The molecule has 0 heterocycles. The number of hydrogen-bond donors (Lipinski definition) is 2. The summed E-state index contributed by atoms with van der Waals surface area (Å²) in [5.41, 5.74) is 2.08. The predicted octanol–water partition coefficient (Wildman–Crippen LogP) is 2.57. The minimum absolute atomic E-state index is 0.167. The van der Waals surface area contributed by atoms with E-state index < -0.39 is 0 Å². The summed E-state index contributed by atoms with van der Waals surface area (Å²) in [6.07, 6.45) is 0. The number of carbonyl (C=O) groups is 2. The van der Waals surface area contributed by atoms with E-state index in [1.165, 1.54) is 0 Å². The summed E-state index contributed by atoms with van der Waals surface area (Å²) < 4.78 is 0. The summed E-state index contributed by atoms with van der Waals surface area (Å²) in [4.78, 5) is 26.0. The van der Waals surface area contributed by atoms with Gasteiger partial charge in [0.2, 0.25) is 0 Å². The van der Waals surface area contributed by atoms with Crippen LogP contribution in [0.3, 0.4) is 0 Å². The van der Waals surface area contributed by atoms with Crippen molar-refractivity contribution < 1.29 is 9.59 Å². The van der Waals surface area contributed by atoms with Crippen molar-refractivity contribution in [1.29, 1.82) is 0 Å². The quantitative estimate of drug-likeness (QED) is 0.791. The Kier molecular flexibility index (Phi) is 6.21. The van der Waals surface area contributed by atoms with Gasteiger partial charge in [-0.2, -0.15) is 0 Å². The summed E-state index contributed by atoms with van der Waals surface area (Å²) in [7, 11) is 3.84. The molecule has 0 aliphatic heterocycles. The number of halogens is 1. The maximum Gasteiger partial charge on any atom is 0.251 e. The van der Waals surface area contributed by atoms with Crippen LogP contribution in [0.25, 0.3) is 0 Å². The summed E-state index contributed by atoms with van der Waals surface area (Å²) in [6, 6.07) is 14.0. The van der Waals surface area contributed by atoms with Crippen molar-refractivity contribution in [3.63, 3.8) is 0 Å². The van der Waals surface area contributed by atoms with Gasteiger partial charge >= 0.3 is 0 Å². The zero-order valence-electron chi connectivity index (χ0n) is 13.7. The molecular weight excluding hydrogens is 326 g/mol. The number of rotatable bonds is 6. The van der Waals surface area contributed by atoms with Crippen molar-refractivity contribution in [3.05, 3.63) is 64.7 Å². The number of nitrogens with one attached hydrogen (secondary N) is 2. The van der Waals surface area contributed by atoms with Crippen molar-refractivity contribution in [3.8, 4) is 0 Å². The maximum atomic E-state index is 12.1. The highest BCUT2D eigenvalue weighted by molar-refractivity contribution is 6.30. The zero-order chi connectivity index (χ0) is 17.5. The molecule has 0 radical (unpaired) electrons. The molecule has 0 spiro atoms. The second-order valence-electron chi connectivity index (χ2n) is 5.46. The van der Waals surface area contributed by atoms with E-state index in [-0.39, 0.29) is 11.8 Å². The summed E-state index contributed by atoms with van der Waals surface area (Å²) in [6.45, 7) is 0.699. The average Bonchev–Trinajstić information content (AvgIpc) is 2.59. The Bertz CT molecular complexity index is 714. The fourth-order valence-electron chi connectivity index (χ4n) is 2.08. The van der Waals surface area contributed by atoms with Crippen molar-refractivity contribution in [2.75, 3.05) is 32.1 Å². The molecule has 2 N–H and O–H groups in total. The van der Waals surface area contributed by atoms with Gasteiger partial charge in [-0.25, -0.2) is 0 Å². The topological polar surface area (TPSA) is 61.4 Å². The molecule has 126 valence electrons. The lowest BCUT2D eigenvalue weighted by molar-refractivity contribution is 0.0927. The Balaban J connectivity index is 1.79. The summed E-state index contributed by atoms with van der Waals surface area (Å²) in [5, 5.41) is 6.12. The Morgan fingerprint density at radius 3 is 2.08 bits per heavy atom. The molecule has 2 aromatic carbocycles. The van der Waals surface area contributed by atoms with Crippen molar-refractivity contribution in [1.82, 2.24) is 10.6 Å². The molecule has 2 aromatic rings. The van der Waals surface area contributed by atoms with Crippen molar-refractivity contribution in [2.24, 2.45) is 0 Å². The third kappa shape index (κ3) is 4.99. The Morgan fingerprint density at radius 1 is 0.917 bits per heavy atom. The molecule has 0 saturated carbocycles. The minimum Gasteiger partial charge on any atom is -0.378 e. The van der Waals surface area contributed by atoms with Crippen LogP contribution in [0.2, 0.25) is 5.02 Å². The van der Waals surface area contributed by atoms with E-state index >= 15 is 0 Å². The first-order valence-corrected chi connectivity index (χ1v) is 7.94. The van der Waals surface area contributed by atoms with E-state index in [0.717, 1.165) is 5.69 Å². The van der Waals surface area contributed by atoms with Gasteiger partial charge in [-0.05, 0) is 42.5 Å². The van der Waals surface area contributed by atoms with Crippen LogP contribution in [0.5, 0.6) is 0 Å². The molecule has 0 fully saturated rings. The monoisotopic (exact) mass is 345 g/mol. The second kappa shape index (κ2) is 8.36. The normalized spacial score (nSPS) is 10.1. The van der Waals surface area contributed by atoms with Gasteiger partial charge in [0.25, 0.3) is 11.8 Å². The number of nitrogens with zero attached hydrogens (tertiary/aromatic N) is 1. The summed E-state index contributed by atoms with van der Waals surface area (Å²) in [5.74, 6) is -0.366. The number of benzene rings is 2. The van der Waals surface area contributed by atoms with E-state index in [1.807, 2.05) is 37.2 Å². The SMILES string of the molecule is CN(C)c1cccc(C(=O)NCCNC(=O)c2ccc(Cl)cc2)c1. The minimum atomic E-state index is -0.199. The molecule has 24 heavy (non-hydrogen) atoms. The third-order valence-electron chi connectivity index (χ3n) is 3.43. The fraction of sp³-hybridized carbons (Fsp3) is 0.222. The highest BCUT2D eigenvalue weighted by Crippen LogP contribution is 2.13. The Morgan fingerprint density at radius 2 is 1.50 bits per heavy atom. The Labute approximate surface area is 146 Å². The number of carbonyl (C=O) groups excluding carboxylic acids is 2. The number of amides is 2. The molecule has 6 heteroatoms. The molecule has 0 unspecified atom stereocenters. The Hall–Kier alpha value is -2.53. The van der Waals surface area contributed by atoms with Crippen LogP contribution < -0.4 is 15.5 Å². The van der Waals surface area contributed by atoms with Gasteiger partial charge in [0, 0.05) is 49.0 Å². The fourth-order valence-corrected chi connectivity index (χ4v) is 2.21. The number of hydrogen-bond acceptors (Lipinski definition) is 3. The smallest absolute Gasteiger partial charge is 0.251 e. The van der Waals surface area contributed by atoms with E-state index in [0.29, 0.717) is 29.2 Å². The van der Waals surface area contributed by atoms with Crippen LogP contribution in [-0.4, -0.2) is 39.0 Å². The van der Waals surface area contributed by atoms with Crippen molar-refractivity contribution >= 4 is 29.1 Å². The molecule has 2 amide bonds. The molecule has 0 aliphatic carbocycles. The lowest BCUT2D eigenvalue weighted by Gasteiger charge is -2.13. The third-order valence-corrected chi connectivity index (χ3v) is 3.68.